The van der Waals surface area contributed by atoms with E-state index < -0.39 is 10.0 Å². The fourth-order valence-electron chi connectivity index (χ4n) is 2.41. The molecule has 0 spiro atoms. The zero-order valence-electron chi connectivity index (χ0n) is 15.1. The summed E-state index contributed by atoms with van der Waals surface area (Å²) < 4.78 is 38.0. The number of sulfonamides is 1. The van der Waals surface area contributed by atoms with Crippen molar-refractivity contribution in [1.29, 1.82) is 0 Å². The fourth-order valence-corrected chi connectivity index (χ4v) is 3.44. The Hall–Kier alpha value is -2.71. The first-order valence-corrected chi connectivity index (χ1v) is 10.1. The maximum Gasteiger partial charge on any atom is 0.240 e. The predicted molar refractivity (Wildman–Crippen MR) is 101 cm³/mol. The van der Waals surface area contributed by atoms with Gasteiger partial charge in [-0.2, -0.15) is 4.98 Å². The SMILES string of the molecule is CC(C)Oc1ccc(S(=O)(=O)NCCc2nc(-c3ccccc3)no2)cc1. The van der Waals surface area contributed by atoms with E-state index in [9.17, 15) is 8.42 Å². The predicted octanol–water partition coefficient (Wildman–Crippen LogP) is 3.04. The summed E-state index contributed by atoms with van der Waals surface area (Å²) in [5.74, 6) is 1.48. The number of rotatable bonds is 8. The maximum absolute atomic E-state index is 12.4. The zero-order chi connectivity index (χ0) is 19.3. The summed E-state index contributed by atoms with van der Waals surface area (Å²) in [6.07, 6.45) is 0.328. The molecule has 0 unspecified atom stereocenters. The summed E-state index contributed by atoms with van der Waals surface area (Å²) in [5, 5.41) is 3.92. The number of hydrogen-bond donors (Lipinski definition) is 1. The van der Waals surface area contributed by atoms with E-state index in [0.29, 0.717) is 23.9 Å². The van der Waals surface area contributed by atoms with Crippen molar-refractivity contribution in [2.75, 3.05) is 6.54 Å². The third-order valence-electron chi connectivity index (χ3n) is 3.64. The minimum atomic E-state index is -3.62. The van der Waals surface area contributed by atoms with Crippen LogP contribution in [0.5, 0.6) is 5.75 Å². The molecule has 1 aromatic heterocycles. The lowest BCUT2D eigenvalue weighted by molar-refractivity contribution is 0.242. The fraction of sp³-hybridized carbons (Fsp3) is 0.263. The number of nitrogens with one attached hydrogen (secondary N) is 1. The Balaban J connectivity index is 1.57. The molecule has 0 aliphatic heterocycles. The van der Waals surface area contributed by atoms with E-state index in [2.05, 4.69) is 14.9 Å². The number of nitrogens with zero attached hydrogens (tertiary/aromatic N) is 2. The van der Waals surface area contributed by atoms with Crippen LogP contribution in [0.15, 0.2) is 64.0 Å². The number of ether oxygens (including phenoxy) is 1. The second-order valence-electron chi connectivity index (χ2n) is 6.16. The summed E-state index contributed by atoms with van der Waals surface area (Å²) in [6, 6.07) is 15.7. The number of aromatic nitrogens is 2. The molecule has 0 radical (unpaired) electrons. The zero-order valence-corrected chi connectivity index (χ0v) is 15.9. The van der Waals surface area contributed by atoms with Gasteiger partial charge >= 0.3 is 0 Å². The van der Waals surface area contributed by atoms with Crippen molar-refractivity contribution in [3.8, 4) is 17.1 Å². The molecule has 0 saturated carbocycles. The summed E-state index contributed by atoms with van der Waals surface area (Å²) in [4.78, 5) is 4.46. The van der Waals surface area contributed by atoms with Gasteiger partial charge in [0, 0.05) is 18.5 Å². The molecule has 27 heavy (non-hydrogen) atoms. The molecule has 8 heteroatoms. The Morgan fingerprint density at radius 1 is 1.07 bits per heavy atom. The van der Waals surface area contributed by atoms with Gasteiger partial charge in [0.15, 0.2) is 0 Å². The molecule has 0 amide bonds. The van der Waals surface area contributed by atoms with Crippen LogP contribution in [0.25, 0.3) is 11.4 Å². The molecule has 3 rings (SSSR count). The minimum Gasteiger partial charge on any atom is -0.491 e. The third-order valence-corrected chi connectivity index (χ3v) is 5.11. The summed E-state index contributed by atoms with van der Waals surface area (Å²) >= 11 is 0. The molecule has 1 N–H and O–H groups in total. The molecule has 0 bridgehead atoms. The monoisotopic (exact) mass is 387 g/mol. The molecule has 7 nitrogen and oxygen atoms in total. The van der Waals surface area contributed by atoms with Gasteiger partial charge in [-0.25, -0.2) is 13.1 Å². The standard InChI is InChI=1S/C19H21N3O4S/c1-14(2)25-16-8-10-17(11-9-16)27(23,24)20-13-12-18-21-19(22-26-18)15-6-4-3-5-7-15/h3-11,14,20H,12-13H2,1-2H3. The van der Waals surface area contributed by atoms with Crippen LogP contribution in [0.3, 0.4) is 0 Å². The van der Waals surface area contributed by atoms with Crippen molar-refractivity contribution >= 4 is 10.0 Å². The highest BCUT2D eigenvalue weighted by Gasteiger charge is 2.15. The van der Waals surface area contributed by atoms with Crippen LogP contribution in [-0.2, 0) is 16.4 Å². The van der Waals surface area contributed by atoms with Gasteiger partial charge in [0.2, 0.25) is 21.7 Å². The Bertz CT molecular complexity index is 968. The second kappa shape index (κ2) is 8.32. The quantitative estimate of drug-likeness (QED) is 0.638. The molecule has 3 aromatic rings. The average Bonchev–Trinajstić information content (AvgIpc) is 3.11. The molecule has 0 saturated heterocycles. The van der Waals surface area contributed by atoms with Gasteiger partial charge in [0.25, 0.3) is 0 Å². The molecular weight excluding hydrogens is 366 g/mol. The van der Waals surface area contributed by atoms with Gasteiger partial charge in [-0.15, -0.1) is 0 Å². The number of hydrogen-bond acceptors (Lipinski definition) is 6. The largest absolute Gasteiger partial charge is 0.491 e. The first kappa shape index (κ1) is 19.1. The highest BCUT2D eigenvalue weighted by Crippen LogP contribution is 2.17. The van der Waals surface area contributed by atoms with Crippen molar-refractivity contribution < 1.29 is 17.7 Å². The van der Waals surface area contributed by atoms with E-state index in [-0.39, 0.29) is 17.5 Å². The molecule has 1 heterocycles. The van der Waals surface area contributed by atoms with E-state index >= 15 is 0 Å². The second-order valence-corrected chi connectivity index (χ2v) is 7.93. The molecule has 0 aliphatic carbocycles. The van der Waals surface area contributed by atoms with Crippen molar-refractivity contribution in [2.24, 2.45) is 0 Å². The number of benzene rings is 2. The highest BCUT2D eigenvalue weighted by atomic mass is 32.2. The summed E-state index contributed by atoms with van der Waals surface area (Å²) in [5.41, 5.74) is 0.844. The van der Waals surface area contributed by atoms with Crippen LogP contribution < -0.4 is 9.46 Å². The van der Waals surface area contributed by atoms with Crippen LogP contribution in [0.4, 0.5) is 0 Å². The van der Waals surface area contributed by atoms with E-state index in [0.717, 1.165) is 5.56 Å². The molecule has 0 atom stereocenters. The molecule has 142 valence electrons. The Kier molecular flexibility index (Phi) is 5.88. The van der Waals surface area contributed by atoms with E-state index in [4.69, 9.17) is 9.26 Å². The average molecular weight is 387 g/mol. The van der Waals surface area contributed by atoms with Crippen molar-refractivity contribution in [2.45, 2.75) is 31.3 Å². The summed E-state index contributed by atoms with van der Waals surface area (Å²) in [7, 11) is -3.62. The van der Waals surface area contributed by atoms with E-state index in [1.807, 2.05) is 44.2 Å². The Morgan fingerprint density at radius 2 is 1.78 bits per heavy atom. The smallest absolute Gasteiger partial charge is 0.240 e. The maximum atomic E-state index is 12.4. The van der Waals surface area contributed by atoms with Gasteiger partial charge < -0.3 is 9.26 Å². The first-order chi connectivity index (χ1) is 12.9. The van der Waals surface area contributed by atoms with Crippen LogP contribution in [0.1, 0.15) is 19.7 Å². The van der Waals surface area contributed by atoms with Crippen molar-refractivity contribution in [1.82, 2.24) is 14.9 Å². The lowest BCUT2D eigenvalue weighted by Gasteiger charge is -2.10. The Morgan fingerprint density at radius 3 is 2.44 bits per heavy atom. The van der Waals surface area contributed by atoms with E-state index in [1.54, 1.807) is 12.1 Å². The van der Waals surface area contributed by atoms with Gasteiger partial charge in [-0.3, -0.25) is 0 Å². The Labute approximate surface area is 158 Å². The van der Waals surface area contributed by atoms with Crippen LogP contribution in [0.2, 0.25) is 0 Å². The van der Waals surface area contributed by atoms with Crippen LogP contribution in [0, 0.1) is 0 Å². The van der Waals surface area contributed by atoms with Gasteiger partial charge in [0.1, 0.15) is 5.75 Å². The lowest BCUT2D eigenvalue weighted by Crippen LogP contribution is -2.26. The first-order valence-electron chi connectivity index (χ1n) is 8.58. The highest BCUT2D eigenvalue weighted by molar-refractivity contribution is 7.89. The van der Waals surface area contributed by atoms with Gasteiger partial charge in [-0.05, 0) is 38.1 Å². The normalized spacial score (nSPS) is 11.7. The molecule has 0 aliphatic rings. The molecule has 0 fully saturated rings. The summed E-state index contributed by atoms with van der Waals surface area (Å²) in [6.45, 7) is 3.98. The van der Waals surface area contributed by atoms with Crippen LogP contribution in [-0.4, -0.2) is 31.2 Å². The van der Waals surface area contributed by atoms with Crippen molar-refractivity contribution in [3.63, 3.8) is 0 Å². The van der Waals surface area contributed by atoms with Gasteiger partial charge in [-0.1, -0.05) is 35.5 Å². The lowest BCUT2D eigenvalue weighted by atomic mass is 10.2. The van der Waals surface area contributed by atoms with Crippen molar-refractivity contribution in [3.05, 3.63) is 60.5 Å². The molecule has 2 aromatic carbocycles. The van der Waals surface area contributed by atoms with Gasteiger partial charge in [0.05, 0.1) is 11.0 Å². The minimum absolute atomic E-state index is 0.0285. The third kappa shape index (κ3) is 5.15. The topological polar surface area (TPSA) is 94.3 Å². The van der Waals surface area contributed by atoms with Crippen LogP contribution >= 0.6 is 0 Å². The molecular formula is C19H21N3O4S. The van der Waals surface area contributed by atoms with E-state index in [1.165, 1.54) is 12.1 Å².